The summed E-state index contributed by atoms with van der Waals surface area (Å²) in [5, 5.41) is 5.52. The molecule has 5 aromatic rings. The molecule has 3 aromatic heterocycles. The molecule has 172 valence electrons. The van der Waals surface area contributed by atoms with Gasteiger partial charge in [0.25, 0.3) is 5.56 Å². The van der Waals surface area contributed by atoms with Crippen LogP contribution < -0.4 is 5.56 Å². The molecule has 34 heavy (non-hydrogen) atoms. The van der Waals surface area contributed by atoms with Gasteiger partial charge in [-0.2, -0.15) is 4.98 Å². The molecule has 0 bridgehead atoms. The summed E-state index contributed by atoms with van der Waals surface area (Å²) in [6.45, 7) is 3.17. The highest BCUT2D eigenvalue weighted by atomic mass is 32.2. The van der Waals surface area contributed by atoms with Crippen molar-refractivity contribution in [2.75, 3.05) is 6.61 Å². The molecule has 0 unspecified atom stereocenters. The van der Waals surface area contributed by atoms with Crippen molar-refractivity contribution < 1.29 is 13.7 Å². The van der Waals surface area contributed by atoms with Crippen molar-refractivity contribution in [1.29, 1.82) is 0 Å². The van der Waals surface area contributed by atoms with E-state index >= 15 is 0 Å². The van der Waals surface area contributed by atoms with Crippen LogP contribution in [-0.4, -0.2) is 32.4 Å². The highest BCUT2D eigenvalue weighted by Crippen LogP contribution is 2.29. The second-order valence-corrected chi connectivity index (χ2v) is 9.33. The van der Waals surface area contributed by atoms with Crippen molar-refractivity contribution in [2.45, 2.75) is 43.3 Å². The number of fused-ring (bicyclic) bond motifs is 3. The number of aryl methyl sites for hydroxylation is 1. The first-order valence-corrected chi connectivity index (χ1v) is 12.2. The van der Waals surface area contributed by atoms with E-state index < -0.39 is 0 Å². The van der Waals surface area contributed by atoms with E-state index in [1.54, 1.807) is 4.57 Å². The topological polar surface area (TPSA) is 96.2 Å². The lowest BCUT2D eigenvalue weighted by molar-refractivity contribution is 0.0936. The molecule has 1 saturated heterocycles. The van der Waals surface area contributed by atoms with E-state index in [0.717, 1.165) is 29.4 Å². The predicted octanol–water partition coefficient (Wildman–Crippen LogP) is 4.97. The third-order valence-electron chi connectivity index (χ3n) is 5.93. The number of hydrogen-bond donors (Lipinski definition) is 0. The van der Waals surface area contributed by atoms with Gasteiger partial charge in [-0.25, -0.2) is 4.98 Å². The van der Waals surface area contributed by atoms with Crippen LogP contribution in [0.15, 0.2) is 67.4 Å². The van der Waals surface area contributed by atoms with Crippen LogP contribution in [0.25, 0.3) is 33.5 Å². The van der Waals surface area contributed by atoms with Crippen molar-refractivity contribution in [3.63, 3.8) is 0 Å². The lowest BCUT2D eigenvalue weighted by Gasteiger charge is -2.15. The van der Waals surface area contributed by atoms with Gasteiger partial charge in [-0.3, -0.25) is 9.36 Å². The van der Waals surface area contributed by atoms with Crippen LogP contribution in [0.3, 0.4) is 0 Å². The van der Waals surface area contributed by atoms with Crippen molar-refractivity contribution in [2.24, 2.45) is 0 Å². The van der Waals surface area contributed by atoms with Crippen LogP contribution in [0.2, 0.25) is 0 Å². The van der Waals surface area contributed by atoms with E-state index in [0.29, 0.717) is 46.9 Å². The first-order valence-electron chi connectivity index (χ1n) is 11.2. The van der Waals surface area contributed by atoms with Crippen molar-refractivity contribution >= 4 is 33.8 Å². The van der Waals surface area contributed by atoms with Gasteiger partial charge in [-0.15, -0.1) is 0 Å². The first-order chi connectivity index (χ1) is 16.7. The zero-order valence-electron chi connectivity index (χ0n) is 18.6. The molecule has 6 rings (SSSR count). The van der Waals surface area contributed by atoms with Gasteiger partial charge >= 0.3 is 0 Å². The highest BCUT2D eigenvalue weighted by molar-refractivity contribution is 7.98. The smallest absolute Gasteiger partial charge is 0.297 e. The van der Waals surface area contributed by atoms with Gasteiger partial charge in [0.05, 0.1) is 18.4 Å². The van der Waals surface area contributed by atoms with Gasteiger partial charge in [0.15, 0.2) is 5.16 Å². The van der Waals surface area contributed by atoms with E-state index in [-0.39, 0.29) is 17.2 Å². The number of ether oxygens (including phenoxy) is 1. The molecule has 0 spiro atoms. The van der Waals surface area contributed by atoms with Crippen LogP contribution >= 0.6 is 11.8 Å². The summed E-state index contributed by atoms with van der Waals surface area (Å²) in [4.78, 5) is 22.8. The van der Waals surface area contributed by atoms with Crippen LogP contribution in [0.5, 0.6) is 0 Å². The molecule has 0 saturated carbocycles. The Morgan fingerprint density at radius 2 is 2.06 bits per heavy atom. The number of furan rings is 1. The van der Waals surface area contributed by atoms with Gasteiger partial charge in [-0.05, 0) is 38.0 Å². The van der Waals surface area contributed by atoms with E-state index in [1.807, 2.05) is 55.5 Å². The van der Waals surface area contributed by atoms with Crippen molar-refractivity contribution in [3.05, 3.63) is 70.3 Å². The molecule has 4 heterocycles. The number of aromatic nitrogens is 4. The molecular formula is C25H22N4O4S. The van der Waals surface area contributed by atoms with E-state index in [4.69, 9.17) is 18.7 Å². The van der Waals surface area contributed by atoms with Crippen LogP contribution in [0.1, 0.15) is 24.3 Å². The Hall–Kier alpha value is -3.43. The second kappa shape index (κ2) is 8.73. The Balaban J connectivity index is 1.35. The molecule has 1 fully saturated rings. The monoisotopic (exact) mass is 474 g/mol. The number of rotatable bonds is 6. The fourth-order valence-electron chi connectivity index (χ4n) is 4.26. The highest BCUT2D eigenvalue weighted by Gasteiger charge is 2.23. The van der Waals surface area contributed by atoms with Crippen LogP contribution in [-0.2, 0) is 17.0 Å². The molecule has 9 heteroatoms. The van der Waals surface area contributed by atoms with Gasteiger partial charge in [0.1, 0.15) is 11.1 Å². The quantitative estimate of drug-likeness (QED) is 0.251. The summed E-state index contributed by atoms with van der Waals surface area (Å²) >= 11 is 1.39. The third kappa shape index (κ3) is 3.91. The average Bonchev–Trinajstić information content (AvgIpc) is 3.60. The molecule has 0 aliphatic carbocycles. The summed E-state index contributed by atoms with van der Waals surface area (Å²) in [6, 6.07) is 15.5. The summed E-state index contributed by atoms with van der Waals surface area (Å²) in [5.74, 6) is 1.40. The minimum Gasteiger partial charge on any atom is -0.448 e. The molecular weight excluding hydrogens is 452 g/mol. The SMILES string of the molecule is Cc1cccc(-c2noc(CSc3nc4c(oc5ccccc54)c(=O)n3C[C@H]3CCCO3)n2)c1. The number of nitrogens with zero attached hydrogens (tertiary/aromatic N) is 4. The maximum atomic E-state index is 13.4. The Morgan fingerprint density at radius 1 is 1.15 bits per heavy atom. The Morgan fingerprint density at radius 3 is 2.91 bits per heavy atom. The molecule has 8 nitrogen and oxygen atoms in total. The Bertz CT molecular complexity index is 1550. The van der Waals surface area contributed by atoms with Crippen LogP contribution in [0.4, 0.5) is 0 Å². The summed E-state index contributed by atoms with van der Waals surface area (Å²) < 4.78 is 18.8. The van der Waals surface area contributed by atoms with Crippen molar-refractivity contribution in [1.82, 2.24) is 19.7 Å². The molecule has 0 radical (unpaired) electrons. The number of thioether (sulfide) groups is 1. The zero-order valence-corrected chi connectivity index (χ0v) is 19.4. The largest absolute Gasteiger partial charge is 0.448 e. The van der Waals surface area contributed by atoms with Crippen molar-refractivity contribution in [3.8, 4) is 11.4 Å². The summed E-state index contributed by atoms with van der Waals surface area (Å²) in [5.41, 5.74) is 3.31. The second-order valence-electron chi connectivity index (χ2n) is 8.39. The third-order valence-corrected chi connectivity index (χ3v) is 6.89. The molecule has 1 aliphatic heterocycles. The predicted molar refractivity (Wildman–Crippen MR) is 129 cm³/mol. The van der Waals surface area contributed by atoms with Gasteiger partial charge < -0.3 is 13.7 Å². The van der Waals surface area contributed by atoms with E-state index in [9.17, 15) is 4.79 Å². The van der Waals surface area contributed by atoms with Gasteiger partial charge in [0, 0.05) is 17.6 Å². The van der Waals surface area contributed by atoms with Gasteiger partial charge in [-0.1, -0.05) is 52.8 Å². The lowest BCUT2D eigenvalue weighted by Crippen LogP contribution is -2.28. The van der Waals surface area contributed by atoms with E-state index in [1.165, 1.54) is 11.8 Å². The maximum absolute atomic E-state index is 13.4. The normalized spacial score (nSPS) is 16.1. The molecule has 2 aromatic carbocycles. The minimum absolute atomic E-state index is 0.0167. The summed E-state index contributed by atoms with van der Waals surface area (Å²) in [6.07, 6.45) is 1.89. The molecule has 0 amide bonds. The average molecular weight is 475 g/mol. The number of benzene rings is 2. The Kier molecular flexibility index (Phi) is 5.43. The first kappa shape index (κ1) is 21.1. The summed E-state index contributed by atoms with van der Waals surface area (Å²) in [7, 11) is 0. The molecule has 0 N–H and O–H groups in total. The molecule has 1 atom stereocenters. The number of para-hydroxylation sites is 1. The van der Waals surface area contributed by atoms with Gasteiger partial charge in [0.2, 0.25) is 17.3 Å². The van der Waals surface area contributed by atoms with E-state index in [2.05, 4.69) is 10.1 Å². The minimum atomic E-state index is -0.204. The standard InChI is InChI=1S/C25H22N4O4S/c1-15-6-4-7-16(12-15)23-26-20(33-28-23)14-34-25-27-21-18-9-2-3-10-19(18)32-22(21)24(30)29(25)13-17-8-5-11-31-17/h2-4,6-7,9-10,12,17H,5,8,11,13-14H2,1H3/t17-/m1/s1. The fourth-order valence-corrected chi connectivity index (χ4v) is 5.10. The Labute approximate surface area is 198 Å². The fraction of sp³-hybridized carbons (Fsp3) is 0.280. The molecule has 1 aliphatic rings. The lowest BCUT2D eigenvalue weighted by atomic mass is 10.1. The number of hydrogen-bond acceptors (Lipinski definition) is 8. The zero-order chi connectivity index (χ0) is 23.1. The maximum Gasteiger partial charge on any atom is 0.297 e. The van der Waals surface area contributed by atoms with Crippen LogP contribution in [0, 0.1) is 6.92 Å².